The van der Waals surface area contributed by atoms with E-state index in [9.17, 15) is 14.3 Å². The number of benzene rings is 1. The molecule has 1 N–H and O–H groups in total. The lowest BCUT2D eigenvalue weighted by Gasteiger charge is -2.14. The standard InChI is InChI=1S/C21H26ClN2O6P/c1-13(2)10-24-18-9-16(22)5-6-17(18)23-21(24)19-7-8-20(30-19)31(26,27)29-12-14(3)11-28-15(4)25/h5-9,13-14H,10-12H2,1-4H3,(H,26,27). The molecule has 0 aliphatic rings. The molecule has 2 unspecified atom stereocenters. The summed E-state index contributed by atoms with van der Waals surface area (Å²) in [5, 5.41) is 0.597. The Morgan fingerprint density at radius 2 is 2.00 bits per heavy atom. The summed E-state index contributed by atoms with van der Waals surface area (Å²) in [4.78, 5) is 25.9. The van der Waals surface area contributed by atoms with Gasteiger partial charge < -0.3 is 23.1 Å². The number of carbonyl (C=O) groups is 1. The summed E-state index contributed by atoms with van der Waals surface area (Å²) < 4.78 is 30.5. The van der Waals surface area contributed by atoms with Gasteiger partial charge in [0.25, 0.3) is 0 Å². The average molecular weight is 469 g/mol. The number of carbonyl (C=O) groups excluding carboxylic acids is 1. The molecule has 0 aliphatic heterocycles. The average Bonchev–Trinajstić information content (AvgIpc) is 3.30. The third-order valence-electron chi connectivity index (χ3n) is 4.45. The minimum absolute atomic E-state index is 0.0680. The van der Waals surface area contributed by atoms with Crippen LogP contribution < -0.4 is 5.50 Å². The minimum Gasteiger partial charge on any atom is -0.466 e. The molecular formula is C21H26ClN2O6P. The number of hydrogen-bond acceptors (Lipinski definition) is 6. The quantitative estimate of drug-likeness (QED) is 0.360. The summed E-state index contributed by atoms with van der Waals surface area (Å²) in [6.45, 7) is 7.91. The normalized spacial score (nSPS) is 14.7. The number of rotatable bonds is 9. The van der Waals surface area contributed by atoms with Crippen LogP contribution >= 0.6 is 19.2 Å². The van der Waals surface area contributed by atoms with E-state index in [1.54, 1.807) is 19.1 Å². The first-order valence-electron chi connectivity index (χ1n) is 9.94. The fourth-order valence-corrected chi connectivity index (χ4v) is 4.26. The molecule has 0 radical (unpaired) electrons. The Bertz CT molecular complexity index is 1120. The van der Waals surface area contributed by atoms with Gasteiger partial charge >= 0.3 is 13.6 Å². The van der Waals surface area contributed by atoms with Gasteiger partial charge in [-0.25, -0.2) is 4.98 Å². The van der Waals surface area contributed by atoms with E-state index in [4.69, 9.17) is 25.3 Å². The monoisotopic (exact) mass is 468 g/mol. The van der Waals surface area contributed by atoms with Crippen LogP contribution in [0.25, 0.3) is 22.6 Å². The van der Waals surface area contributed by atoms with Crippen molar-refractivity contribution in [1.82, 2.24) is 9.55 Å². The number of esters is 1. The number of hydrogen-bond donors (Lipinski definition) is 1. The number of furan rings is 1. The molecule has 0 aliphatic carbocycles. The fourth-order valence-electron chi connectivity index (χ4n) is 3.03. The van der Waals surface area contributed by atoms with Gasteiger partial charge in [-0.2, -0.15) is 0 Å². The van der Waals surface area contributed by atoms with Crippen LogP contribution in [0.5, 0.6) is 0 Å². The largest absolute Gasteiger partial charge is 0.466 e. The first-order valence-corrected chi connectivity index (χ1v) is 11.9. The third kappa shape index (κ3) is 5.77. The molecule has 8 nitrogen and oxygen atoms in total. The summed E-state index contributed by atoms with van der Waals surface area (Å²) in [6.07, 6.45) is 0. The van der Waals surface area contributed by atoms with E-state index in [1.165, 1.54) is 13.0 Å². The zero-order valence-electron chi connectivity index (χ0n) is 17.9. The highest BCUT2D eigenvalue weighted by atomic mass is 35.5. The maximum Gasteiger partial charge on any atom is 0.393 e. The first-order chi connectivity index (χ1) is 14.6. The van der Waals surface area contributed by atoms with Crippen LogP contribution in [0.4, 0.5) is 0 Å². The Labute approximate surface area is 185 Å². The lowest BCUT2D eigenvalue weighted by Crippen LogP contribution is -2.16. The first kappa shape index (κ1) is 23.5. The predicted molar refractivity (Wildman–Crippen MR) is 118 cm³/mol. The van der Waals surface area contributed by atoms with Crippen molar-refractivity contribution in [3.05, 3.63) is 35.4 Å². The molecule has 2 heterocycles. The van der Waals surface area contributed by atoms with Crippen molar-refractivity contribution in [2.45, 2.75) is 34.2 Å². The second kappa shape index (κ2) is 9.57. The Morgan fingerprint density at radius 1 is 1.26 bits per heavy atom. The third-order valence-corrected chi connectivity index (χ3v) is 5.99. The molecule has 0 bridgehead atoms. The van der Waals surface area contributed by atoms with Crippen molar-refractivity contribution >= 4 is 41.7 Å². The number of halogens is 1. The summed E-state index contributed by atoms with van der Waals surface area (Å²) in [5.74, 6) is 0.559. The van der Waals surface area contributed by atoms with Gasteiger partial charge in [0.05, 0.1) is 24.2 Å². The van der Waals surface area contributed by atoms with E-state index in [1.807, 2.05) is 16.7 Å². The van der Waals surface area contributed by atoms with E-state index in [-0.39, 0.29) is 24.6 Å². The Morgan fingerprint density at radius 3 is 2.68 bits per heavy atom. The molecule has 0 amide bonds. The van der Waals surface area contributed by atoms with Crippen LogP contribution in [0.2, 0.25) is 5.02 Å². The molecule has 10 heteroatoms. The van der Waals surface area contributed by atoms with Crippen molar-refractivity contribution < 1.29 is 27.9 Å². The molecule has 3 rings (SSSR count). The van der Waals surface area contributed by atoms with Gasteiger partial charge in [-0.1, -0.05) is 32.4 Å². The van der Waals surface area contributed by atoms with Gasteiger partial charge in [-0.3, -0.25) is 9.36 Å². The predicted octanol–water partition coefficient (Wildman–Crippen LogP) is 4.63. The number of nitrogens with zero attached hydrogens (tertiary/aromatic N) is 2. The van der Waals surface area contributed by atoms with Crippen LogP contribution in [0, 0.1) is 11.8 Å². The highest BCUT2D eigenvalue weighted by molar-refractivity contribution is 7.60. The lowest BCUT2D eigenvalue weighted by molar-refractivity contribution is -0.142. The van der Waals surface area contributed by atoms with Gasteiger partial charge in [0, 0.05) is 24.4 Å². The van der Waals surface area contributed by atoms with Crippen molar-refractivity contribution in [3.8, 4) is 11.6 Å². The molecular weight excluding hydrogens is 443 g/mol. The highest BCUT2D eigenvalue weighted by Crippen LogP contribution is 2.42. The molecule has 2 aromatic heterocycles. The molecule has 1 aromatic carbocycles. The molecule has 168 valence electrons. The van der Waals surface area contributed by atoms with Gasteiger partial charge in [0.2, 0.25) is 5.50 Å². The molecule has 0 saturated carbocycles. The van der Waals surface area contributed by atoms with Gasteiger partial charge in [0.1, 0.15) is 0 Å². The van der Waals surface area contributed by atoms with E-state index >= 15 is 0 Å². The van der Waals surface area contributed by atoms with Crippen molar-refractivity contribution in [3.63, 3.8) is 0 Å². The Kier molecular flexibility index (Phi) is 7.27. The van der Waals surface area contributed by atoms with Gasteiger partial charge in [-0.05, 0) is 36.2 Å². The Hall–Kier alpha value is -2.12. The molecule has 2 atom stereocenters. The van der Waals surface area contributed by atoms with Gasteiger partial charge in [0.15, 0.2) is 11.6 Å². The van der Waals surface area contributed by atoms with Crippen LogP contribution in [-0.2, 0) is 25.2 Å². The summed E-state index contributed by atoms with van der Waals surface area (Å²) in [5.41, 5.74) is 1.43. The molecule has 3 aromatic rings. The lowest BCUT2D eigenvalue weighted by atomic mass is 10.2. The molecule has 0 spiro atoms. The number of ether oxygens (including phenoxy) is 1. The number of aromatic nitrogens is 2. The van der Waals surface area contributed by atoms with E-state index in [0.717, 1.165) is 11.0 Å². The van der Waals surface area contributed by atoms with Crippen LogP contribution in [-0.4, -0.2) is 33.6 Å². The zero-order valence-corrected chi connectivity index (χ0v) is 19.5. The van der Waals surface area contributed by atoms with Crippen molar-refractivity contribution in [2.24, 2.45) is 11.8 Å². The van der Waals surface area contributed by atoms with E-state index in [2.05, 4.69) is 18.8 Å². The summed E-state index contributed by atoms with van der Waals surface area (Å²) in [7, 11) is -4.20. The van der Waals surface area contributed by atoms with Gasteiger partial charge in [-0.15, -0.1) is 0 Å². The van der Waals surface area contributed by atoms with E-state index < -0.39 is 13.6 Å². The summed E-state index contributed by atoms with van der Waals surface area (Å²) in [6, 6.07) is 8.44. The maximum absolute atomic E-state index is 12.7. The molecule has 0 saturated heterocycles. The zero-order chi connectivity index (χ0) is 22.8. The second-order valence-corrected chi connectivity index (χ2v) is 10.1. The minimum atomic E-state index is -4.20. The number of fused-ring (bicyclic) bond motifs is 1. The fraction of sp³-hybridized carbons (Fsp3) is 0.429. The van der Waals surface area contributed by atoms with Crippen LogP contribution in [0.15, 0.2) is 34.7 Å². The molecule has 31 heavy (non-hydrogen) atoms. The van der Waals surface area contributed by atoms with Crippen molar-refractivity contribution in [1.29, 1.82) is 0 Å². The van der Waals surface area contributed by atoms with E-state index in [0.29, 0.717) is 29.1 Å². The van der Waals surface area contributed by atoms with Crippen molar-refractivity contribution in [2.75, 3.05) is 13.2 Å². The second-order valence-electron chi connectivity index (χ2n) is 7.93. The highest BCUT2D eigenvalue weighted by Gasteiger charge is 2.29. The SMILES string of the molecule is CC(=O)OCC(C)COP(=O)(O)c1ccc(-c2nc3ccc(Cl)cc3n2CC(C)C)o1. The van der Waals surface area contributed by atoms with Crippen LogP contribution in [0.3, 0.4) is 0 Å². The maximum atomic E-state index is 12.7. The summed E-state index contributed by atoms with van der Waals surface area (Å²) >= 11 is 6.17. The molecule has 0 fully saturated rings. The topological polar surface area (TPSA) is 104 Å². The smallest absolute Gasteiger partial charge is 0.393 e. The van der Waals surface area contributed by atoms with Crippen LogP contribution in [0.1, 0.15) is 27.7 Å². The Balaban J connectivity index is 1.85. The number of imidazole rings is 1.